The number of urea groups is 1. The van der Waals surface area contributed by atoms with E-state index >= 15 is 0 Å². The van der Waals surface area contributed by atoms with E-state index in [1.54, 1.807) is 18.2 Å². The van der Waals surface area contributed by atoms with E-state index in [1.807, 2.05) is 13.0 Å². The van der Waals surface area contributed by atoms with Crippen molar-refractivity contribution in [3.8, 4) is 0 Å². The van der Waals surface area contributed by atoms with E-state index in [2.05, 4.69) is 0 Å². The zero-order chi connectivity index (χ0) is 14.4. The monoisotopic (exact) mass is 274 g/mol. The molecule has 2 saturated heterocycles. The van der Waals surface area contributed by atoms with Crippen LogP contribution in [-0.4, -0.2) is 40.0 Å². The Labute approximate surface area is 115 Å². The van der Waals surface area contributed by atoms with E-state index in [4.69, 9.17) is 5.11 Å². The van der Waals surface area contributed by atoms with Gasteiger partial charge in [0.25, 0.3) is 5.91 Å². The molecule has 1 aromatic carbocycles. The Morgan fingerprint density at radius 2 is 2.05 bits per heavy atom. The highest BCUT2D eigenvalue weighted by molar-refractivity contribution is 6.22. The zero-order valence-corrected chi connectivity index (χ0v) is 10.9. The molecule has 2 heterocycles. The number of imide groups is 1. The van der Waals surface area contributed by atoms with Gasteiger partial charge < -0.3 is 5.11 Å². The van der Waals surface area contributed by atoms with Gasteiger partial charge in [0.15, 0.2) is 0 Å². The lowest BCUT2D eigenvalue weighted by atomic mass is 10.1. The van der Waals surface area contributed by atoms with E-state index in [-0.39, 0.29) is 5.91 Å². The summed E-state index contributed by atoms with van der Waals surface area (Å²) in [4.78, 5) is 38.2. The fourth-order valence-corrected chi connectivity index (χ4v) is 2.93. The van der Waals surface area contributed by atoms with Crippen molar-refractivity contribution in [2.45, 2.75) is 31.8 Å². The number of anilines is 1. The third-order valence-corrected chi connectivity index (χ3v) is 3.85. The summed E-state index contributed by atoms with van der Waals surface area (Å²) in [5.74, 6) is -1.39. The SMILES string of the molecule is Cc1cccc(N2C(=O)C3CCC(C(=O)O)N3C2=O)c1. The topological polar surface area (TPSA) is 77.9 Å². The van der Waals surface area contributed by atoms with E-state index in [0.717, 1.165) is 10.5 Å². The van der Waals surface area contributed by atoms with Crippen LogP contribution in [0, 0.1) is 6.92 Å². The molecule has 6 heteroatoms. The summed E-state index contributed by atoms with van der Waals surface area (Å²) in [5.41, 5.74) is 1.43. The number of hydrogen-bond acceptors (Lipinski definition) is 3. The fraction of sp³-hybridized carbons (Fsp3) is 0.357. The average Bonchev–Trinajstić information content (AvgIpc) is 2.91. The predicted molar refractivity (Wildman–Crippen MR) is 70.3 cm³/mol. The Morgan fingerprint density at radius 1 is 1.30 bits per heavy atom. The summed E-state index contributed by atoms with van der Waals surface area (Å²) < 4.78 is 0. The maximum Gasteiger partial charge on any atom is 0.332 e. The van der Waals surface area contributed by atoms with Gasteiger partial charge in [-0.25, -0.2) is 14.5 Å². The first kappa shape index (κ1) is 12.7. The van der Waals surface area contributed by atoms with Gasteiger partial charge in [-0.15, -0.1) is 0 Å². The molecule has 2 aliphatic rings. The summed E-state index contributed by atoms with van der Waals surface area (Å²) in [6.07, 6.45) is 0.739. The second-order valence-electron chi connectivity index (χ2n) is 5.15. The molecule has 6 nitrogen and oxygen atoms in total. The van der Waals surface area contributed by atoms with Crippen molar-refractivity contribution in [2.75, 3.05) is 4.90 Å². The lowest BCUT2D eigenvalue weighted by Gasteiger charge is -2.20. The molecule has 3 rings (SSSR count). The quantitative estimate of drug-likeness (QED) is 0.826. The first-order chi connectivity index (χ1) is 9.50. The summed E-state index contributed by atoms with van der Waals surface area (Å²) in [7, 11) is 0. The normalized spacial score (nSPS) is 25.2. The van der Waals surface area contributed by atoms with Gasteiger partial charge in [0.05, 0.1) is 5.69 Å². The second-order valence-corrected chi connectivity index (χ2v) is 5.15. The molecule has 3 amide bonds. The minimum absolute atomic E-state index is 0.329. The van der Waals surface area contributed by atoms with E-state index in [0.29, 0.717) is 18.5 Å². The molecule has 0 spiro atoms. The third-order valence-electron chi connectivity index (χ3n) is 3.85. The van der Waals surface area contributed by atoms with Crippen molar-refractivity contribution in [1.29, 1.82) is 0 Å². The van der Waals surface area contributed by atoms with E-state index < -0.39 is 24.1 Å². The number of carbonyl (C=O) groups is 3. The number of nitrogens with zero attached hydrogens (tertiary/aromatic N) is 2. The van der Waals surface area contributed by atoms with Gasteiger partial charge in [-0.2, -0.15) is 0 Å². The highest BCUT2D eigenvalue weighted by atomic mass is 16.4. The van der Waals surface area contributed by atoms with E-state index in [9.17, 15) is 14.4 Å². The number of fused-ring (bicyclic) bond motifs is 1. The lowest BCUT2D eigenvalue weighted by molar-refractivity contribution is -0.141. The molecule has 0 aromatic heterocycles. The molecule has 0 saturated carbocycles. The van der Waals surface area contributed by atoms with Gasteiger partial charge in [-0.3, -0.25) is 9.69 Å². The van der Waals surface area contributed by atoms with Gasteiger partial charge in [-0.1, -0.05) is 12.1 Å². The average molecular weight is 274 g/mol. The molecule has 2 fully saturated rings. The number of aliphatic carboxylic acids is 1. The molecule has 2 atom stereocenters. The maximum absolute atomic E-state index is 12.4. The van der Waals surface area contributed by atoms with Crippen molar-refractivity contribution >= 4 is 23.6 Å². The van der Waals surface area contributed by atoms with Gasteiger partial charge in [0.1, 0.15) is 12.1 Å². The summed E-state index contributed by atoms with van der Waals surface area (Å²) in [5, 5.41) is 9.14. The van der Waals surface area contributed by atoms with E-state index in [1.165, 1.54) is 4.90 Å². The van der Waals surface area contributed by atoms with Crippen LogP contribution < -0.4 is 4.90 Å². The number of aryl methyl sites for hydroxylation is 1. The first-order valence-corrected chi connectivity index (χ1v) is 6.46. The molecular formula is C14H14N2O4. The molecular weight excluding hydrogens is 260 g/mol. The number of benzene rings is 1. The standard InChI is InChI=1S/C14H14N2O4/c1-8-3-2-4-9(7-8)15-12(17)10-5-6-11(13(18)19)16(10)14(15)20/h2-4,7,10-11H,5-6H2,1H3,(H,18,19). The Balaban J connectivity index is 1.98. The molecule has 0 radical (unpaired) electrons. The number of amides is 3. The van der Waals surface area contributed by atoms with Crippen molar-refractivity contribution in [1.82, 2.24) is 4.90 Å². The van der Waals surface area contributed by atoms with Crippen LogP contribution in [0.15, 0.2) is 24.3 Å². The Hall–Kier alpha value is -2.37. The number of rotatable bonds is 2. The van der Waals surface area contributed by atoms with Crippen LogP contribution in [0.25, 0.3) is 0 Å². The van der Waals surface area contributed by atoms with Gasteiger partial charge in [0, 0.05) is 0 Å². The Bertz CT molecular complexity index is 613. The van der Waals surface area contributed by atoms with Crippen molar-refractivity contribution in [3.05, 3.63) is 29.8 Å². The molecule has 0 bridgehead atoms. The summed E-state index contributed by atoms with van der Waals surface area (Å²) in [6, 6.07) is 5.00. The zero-order valence-electron chi connectivity index (χ0n) is 10.9. The van der Waals surface area contributed by atoms with Gasteiger partial charge in [-0.05, 0) is 37.5 Å². The molecule has 1 aromatic rings. The molecule has 2 aliphatic heterocycles. The van der Waals surface area contributed by atoms with Crippen LogP contribution in [0.3, 0.4) is 0 Å². The fourth-order valence-electron chi connectivity index (χ4n) is 2.93. The van der Waals surface area contributed by atoms with Crippen molar-refractivity contribution in [3.63, 3.8) is 0 Å². The predicted octanol–water partition coefficient (Wildman–Crippen LogP) is 1.38. The smallest absolute Gasteiger partial charge is 0.332 e. The number of carbonyl (C=O) groups excluding carboxylic acids is 2. The number of carboxylic acid groups (broad SMARTS) is 1. The van der Waals surface area contributed by atoms with Gasteiger partial charge >= 0.3 is 12.0 Å². The van der Waals surface area contributed by atoms with Crippen LogP contribution in [0.1, 0.15) is 18.4 Å². The maximum atomic E-state index is 12.4. The van der Waals surface area contributed by atoms with Crippen molar-refractivity contribution in [2.24, 2.45) is 0 Å². The van der Waals surface area contributed by atoms with Crippen LogP contribution in [0.2, 0.25) is 0 Å². The van der Waals surface area contributed by atoms with Crippen molar-refractivity contribution < 1.29 is 19.5 Å². The largest absolute Gasteiger partial charge is 0.480 e. The second kappa shape index (κ2) is 4.33. The molecule has 1 N–H and O–H groups in total. The molecule has 0 aliphatic carbocycles. The molecule has 104 valence electrons. The lowest BCUT2D eigenvalue weighted by Crippen LogP contribution is -2.42. The highest BCUT2D eigenvalue weighted by Crippen LogP contribution is 2.35. The number of carboxylic acids is 1. The number of hydrogen-bond donors (Lipinski definition) is 1. The van der Waals surface area contributed by atoms with Crippen LogP contribution >= 0.6 is 0 Å². The van der Waals surface area contributed by atoms with Crippen LogP contribution in [-0.2, 0) is 9.59 Å². The Kier molecular flexibility index (Phi) is 2.74. The first-order valence-electron chi connectivity index (χ1n) is 6.46. The minimum Gasteiger partial charge on any atom is -0.480 e. The highest BCUT2D eigenvalue weighted by Gasteiger charge is 2.54. The minimum atomic E-state index is -1.06. The molecule has 20 heavy (non-hydrogen) atoms. The van der Waals surface area contributed by atoms with Crippen LogP contribution in [0.4, 0.5) is 10.5 Å². The van der Waals surface area contributed by atoms with Gasteiger partial charge in [0.2, 0.25) is 0 Å². The third kappa shape index (κ3) is 1.68. The summed E-state index contributed by atoms with van der Waals surface area (Å²) >= 11 is 0. The van der Waals surface area contributed by atoms with Crippen LogP contribution in [0.5, 0.6) is 0 Å². The molecule has 2 unspecified atom stereocenters. The summed E-state index contributed by atoms with van der Waals surface area (Å²) in [6.45, 7) is 1.87. The Morgan fingerprint density at radius 3 is 2.70 bits per heavy atom.